The molecule has 1 aromatic rings. The number of hydrogen-bond donors (Lipinski definition) is 2. The highest BCUT2D eigenvalue weighted by Gasteiger charge is 2.46. The Morgan fingerprint density at radius 1 is 1.33 bits per heavy atom. The molecule has 0 aliphatic heterocycles. The van der Waals surface area contributed by atoms with Crippen LogP contribution in [0.5, 0.6) is 0 Å². The van der Waals surface area contributed by atoms with E-state index in [1.807, 2.05) is 13.8 Å². The summed E-state index contributed by atoms with van der Waals surface area (Å²) in [7, 11) is 0. The number of aliphatic hydroxyl groups is 1. The van der Waals surface area contributed by atoms with Gasteiger partial charge in [0.1, 0.15) is 0 Å². The monoisotopic (exact) mass is 295 g/mol. The minimum atomic E-state index is -0.657. The number of rotatable bonds is 5. The van der Waals surface area contributed by atoms with Crippen molar-refractivity contribution in [2.75, 3.05) is 0 Å². The first-order valence-corrected chi connectivity index (χ1v) is 6.56. The van der Waals surface area contributed by atoms with Gasteiger partial charge in [0.2, 0.25) is 0 Å². The number of nitrogens with one attached hydrogen (secondary N) is 1. The molecule has 0 heterocycles. The third-order valence-electron chi connectivity index (χ3n) is 4.23. The highest BCUT2D eigenvalue weighted by Crippen LogP contribution is 2.40. The van der Waals surface area contributed by atoms with Crippen molar-refractivity contribution in [1.29, 1.82) is 0 Å². The molecule has 8 heteroatoms. The predicted molar refractivity (Wildman–Crippen MR) is 74.8 cm³/mol. The molecule has 0 aromatic heterocycles. The molecule has 2 unspecified atom stereocenters. The highest BCUT2D eigenvalue weighted by atomic mass is 16.6. The van der Waals surface area contributed by atoms with Crippen molar-refractivity contribution >= 4 is 11.4 Å². The minimum Gasteiger partial charge on any atom is -0.392 e. The van der Waals surface area contributed by atoms with Gasteiger partial charge in [-0.25, -0.2) is 0 Å². The molecule has 2 N–H and O–H groups in total. The van der Waals surface area contributed by atoms with Crippen LogP contribution >= 0.6 is 0 Å². The smallest absolute Gasteiger partial charge is 0.280 e. The highest BCUT2D eigenvalue weighted by molar-refractivity contribution is 5.49. The number of benzene rings is 1. The van der Waals surface area contributed by atoms with Crippen molar-refractivity contribution in [2.45, 2.75) is 39.0 Å². The maximum atomic E-state index is 11.0. The second-order valence-corrected chi connectivity index (χ2v) is 5.83. The predicted octanol–water partition coefficient (Wildman–Crippen LogP) is 1.75. The second kappa shape index (κ2) is 5.38. The van der Waals surface area contributed by atoms with Gasteiger partial charge in [-0.1, -0.05) is 13.8 Å². The van der Waals surface area contributed by atoms with Crippen molar-refractivity contribution in [1.82, 2.24) is 5.32 Å². The summed E-state index contributed by atoms with van der Waals surface area (Å²) in [5.74, 6) is 0. The second-order valence-electron chi connectivity index (χ2n) is 5.83. The van der Waals surface area contributed by atoms with E-state index in [4.69, 9.17) is 0 Å². The topological polar surface area (TPSA) is 119 Å². The number of nitro benzene ring substituents is 2. The molecule has 1 aromatic carbocycles. The van der Waals surface area contributed by atoms with Crippen LogP contribution in [0.25, 0.3) is 0 Å². The number of aliphatic hydroxyl groups excluding tert-OH is 1. The third kappa shape index (κ3) is 2.86. The lowest BCUT2D eigenvalue weighted by molar-refractivity contribution is -0.394. The molecule has 0 radical (unpaired) electrons. The van der Waals surface area contributed by atoms with Gasteiger partial charge < -0.3 is 10.4 Å². The van der Waals surface area contributed by atoms with Crippen molar-refractivity contribution in [2.24, 2.45) is 5.41 Å². The van der Waals surface area contributed by atoms with Crippen molar-refractivity contribution in [3.05, 3.63) is 44.0 Å². The van der Waals surface area contributed by atoms with Gasteiger partial charge >= 0.3 is 0 Å². The Bertz CT molecular complexity index is 587. The van der Waals surface area contributed by atoms with Crippen molar-refractivity contribution < 1.29 is 15.0 Å². The molecule has 1 saturated carbocycles. The Labute approximate surface area is 121 Å². The van der Waals surface area contributed by atoms with Gasteiger partial charge in [-0.3, -0.25) is 20.2 Å². The van der Waals surface area contributed by atoms with Crippen LogP contribution in [0.2, 0.25) is 0 Å². The standard InChI is InChI=1S/C13H17N3O5/c1-13(2)11(6-12(13)17)14-7-8-3-4-9(15(18)19)5-10(8)16(20)21/h3-5,11-12,14,17H,6-7H2,1-2H3. The lowest BCUT2D eigenvalue weighted by Gasteiger charge is -2.49. The molecule has 2 rings (SSSR count). The van der Waals surface area contributed by atoms with Crippen LogP contribution in [-0.4, -0.2) is 27.1 Å². The molecule has 21 heavy (non-hydrogen) atoms. The summed E-state index contributed by atoms with van der Waals surface area (Å²) in [5, 5.41) is 34.5. The van der Waals surface area contributed by atoms with Crippen LogP contribution in [0.1, 0.15) is 25.8 Å². The van der Waals surface area contributed by atoms with E-state index in [-0.39, 0.29) is 35.5 Å². The van der Waals surface area contributed by atoms with Gasteiger partial charge in [0, 0.05) is 29.6 Å². The van der Waals surface area contributed by atoms with Crippen molar-refractivity contribution in [3.8, 4) is 0 Å². The van der Waals surface area contributed by atoms with Gasteiger partial charge in [0.05, 0.1) is 22.0 Å². The molecule has 1 aliphatic carbocycles. The number of hydrogen-bond acceptors (Lipinski definition) is 6. The minimum absolute atomic E-state index is 0.0577. The summed E-state index contributed by atoms with van der Waals surface area (Å²) in [6.07, 6.45) is 0.204. The molecular weight excluding hydrogens is 278 g/mol. The van der Waals surface area contributed by atoms with E-state index >= 15 is 0 Å². The van der Waals surface area contributed by atoms with E-state index in [9.17, 15) is 25.3 Å². The first-order valence-electron chi connectivity index (χ1n) is 6.56. The van der Waals surface area contributed by atoms with Gasteiger partial charge in [0.25, 0.3) is 11.4 Å². The maximum absolute atomic E-state index is 11.0. The van der Waals surface area contributed by atoms with E-state index in [1.165, 1.54) is 12.1 Å². The number of nitro groups is 2. The zero-order chi connectivity index (χ0) is 15.8. The van der Waals surface area contributed by atoms with Gasteiger partial charge in [-0.15, -0.1) is 0 Å². The lowest BCUT2D eigenvalue weighted by atomic mass is 9.64. The van der Waals surface area contributed by atoms with Crippen LogP contribution in [0.15, 0.2) is 18.2 Å². The fourth-order valence-corrected chi connectivity index (χ4v) is 2.47. The molecule has 1 aliphatic rings. The Morgan fingerprint density at radius 2 is 2.00 bits per heavy atom. The van der Waals surface area contributed by atoms with Crippen molar-refractivity contribution in [3.63, 3.8) is 0 Å². The summed E-state index contributed by atoms with van der Waals surface area (Å²) in [5.41, 5.74) is -0.461. The summed E-state index contributed by atoms with van der Waals surface area (Å²) in [6.45, 7) is 4.07. The van der Waals surface area contributed by atoms with E-state index in [0.717, 1.165) is 6.07 Å². The molecular formula is C13H17N3O5. The molecule has 114 valence electrons. The van der Waals surface area contributed by atoms with Gasteiger partial charge in [0.15, 0.2) is 0 Å². The lowest BCUT2D eigenvalue weighted by Crippen LogP contribution is -2.59. The molecule has 2 atom stereocenters. The summed E-state index contributed by atoms with van der Waals surface area (Å²) in [4.78, 5) is 20.4. The molecule has 8 nitrogen and oxygen atoms in total. The fraction of sp³-hybridized carbons (Fsp3) is 0.538. The molecule has 0 saturated heterocycles. The largest absolute Gasteiger partial charge is 0.392 e. The van der Waals surface area contributed by atoms with Gasteiger partial charge in [-0.05, 0) is 12.5 Å². The third-order valence-corrected chi connectivity index (χ3v) is 4.23. The Morgan fingerprint density at radius 3 is 2.48 bits per heavy atom. The summed E-state index contributed by atoms with van der Waals surface area (Å²) >= 11 is 0. The van der Waals surface area contributed by atoms with E-state index in [1.54, 1.807) is 0 Å². The molecule has 0 bridgehead atoms. The van der Waals surface area contributed by atoms with Crippen LogP contribution in [0, 0.1) is 25.6 Å². The van der Waals surface area contributed by atoms with E-state index < -0.39 is 9.85 Å². The molecule has 0 amide bonds. The number of nitrogens with zero attached hydrogens (tertiary/aromatic N) is 2. The Kier molecular flexibility index (Phi) is 3.93. The molecule has 1 fully saturated rings. The summed E-state index contributed by atoms with van der Waals surface area (Å²) in [6, 6.07) is 3.68. The van der Waals surface area contributed by atoms with Gasteiger partial charge in [-0.2, -0.15) is 0 Å². The normalized spacial score (nSPS) is 23.4. The summed E-state index contributed by atoms with van der Waals surface area (Å²) < 4.78 is 0. The fourth-order valence-electron chi connectivity index (χ4n) is 2.47. The number of non-ortho nitro benzene ring substituents is 1. The van der Waals surface area contributed by atoms with E-state index in [2.05, 4.69) is 5.32 Å². The van der Waals surface area contributed by atoms with E-state index in [0.29, 0.717) is 12.0 Å². The Hall–Kier alpha value is -2.06. The first kappa shape index (κ1) is 15.3. The maximum Gasteiger partial charge on any atom is 0.280 e. The average Bonchev–Trinajstić information content (AvgIpc) is 2.42. The van der Waals surface area contributed by atoms with Crippen LogP contribution < -0.4 is 5.32 Å². The molecule has 0 spiro atoms. The zero-order valence-corrected chi connectivity index (χ0v) is 11.8. The Balaban J connectivity index is 2.13. The average molecular weight is 295 g/mol. The SMILES string of the molecule is CC1(C)C(O)CC1NCc1ccc([N+](=O)[O-])cc1[N+](=O)[O-]. The zero-order valence-electron chi connectivity index (χ0n) is 11.8. The quantitative estimate of drug-likeness (QED) is 0.631. The van der Waals surface area contributed by atoms with Crippen LogP contribution in [0.3, 0.4) is 0 Å². The first-order chi connectivity index (χ1) is 9.73. The van der Waals surface area contributed by atoms with Crippen LogP contribution in [-0.2, 0) is 6.54 Å². The van der Waals surface area contributed by atoms with Crippen LogP contribution in [0.4, 0.5) is 11.4 Å².